The fourth-order valence-electron chi connectivity index (χ4n) is 2.08. The number of rotatable bonds is 6. The Bertz CT molecular complexity index is 362. The Morgan fingerprint density at radius 2 is 1.68 bits per heavy atom. The number of hydrogen-bond donors (Lipinski definition) is 2. The van der Waals surface area contributed by atoms with Crippen LogP contribution in [-0.4, -0.2) is 24.3 Å². The van der Waals surface area contributed by atoms with Crippen LogP contribution in [0.2, 0.25) is 0 Å². The molecule has 0 saturated heterocycles. The molecule has 1 aromatic rings. The molecule has 0 saturated carbocycles. The summed E-state index contributed by atoms with van der Waals surface area (Å²) in [5, 5.41) is 12.7. The number of benzene rings is 1. The molecule has 0 heterocycles. The monoisotopic (exact) mass is 263 g/mol. The van der Waals surface area contributed by atoms with Gasteiger partial charge in [0.2, 0.25) is 0 Å². The summed E-state index contributed by atoms with van der Waals surface area (Å²) in [5.41, 5.74) is 2.94. The number of hydrogen-bond acceptors (Lipinski definition) is 2. The Morgan fingerprint density at radius 1 is 1.11 bits per heavy atom. The first kappa shape index (κ1) is 16.2. The van der Waals surface area contributed by atoms with Crippen molar-refractivity contribution in [3.05, 3.63) is 35.4 Å². The Morgan fingerprint density at radius 3 is 2.11 bits per heavy atom. The summed E-state index contributed by atoms with van der Waals surface area (Å²) in [4.78, 5) is 0. The average molecular weight is 263 g/mol. The topological polar surface area (TPSA) is 32.3 Å². The van der Waals surface area contributed by atoms with Crippen LogP contribution >= 0.6 is 0 Å². The van der Waals surface area contributed by atoms with Gasteiger partial charge < -0.3 is 10.4 Å². The van der Waals surface area contributed by atoms with E-state index in [-0.39, 0.29) is 18.1 Å². The van der Waals surface area contributed by atoms with E-state index in [4.69, 9.17) is 0 Å². The quantitative estimate of drug-likeness (QED) is 0.826. The second kappa shape index (κ2) is 7.06. The molecule has 0 aliphatic rings. The third-order valence-corrected chi connectivity index (χ3v) is 3.64. The highest BCUT2D eigenvalue weighted by atomic mass is 16.3. The maximum absolute atomic E-state index is 9.26. The van der Waals surface area contributed by atoms with Crippen molar-refractivity contribution in [3.8, 4) is 0 Å². The minimum absolute atomic E-state index is 0.203. The van der Waals surface area contributed by atoms with Crippen molar-refractivity contribution in [3.63, 3.8) is 0 Å². The van der Waals surface area contributed by atoms with Gasteiger partial charge >= 0.3 is 0 Å². The number of aliphatic hydroxyl groups excluding tert-OH is 1. The van der Waals surface area contributed by atoms with Gasteiger partial charge in [0.1, 0.15) is 0 Å². The summed E-state index contributed by atoms with van der Waals surface area (Å²) >= 11 is 0. The van der Waals surface area contributed by atoms with Crippen LogP contribution in [0.15, 0.2) is 24.3 Å². The van der Waals surface area contributed by atoms with E-state index in [1.165, 1.54) is 11.1 Å². The molecule has 2 nitrogen and oxygen atoms in total. The molecule has 0 spiro atoms. The van der Waals surface area contributed by atoms with Crippen LogP contribution < -0.4 is 5.32 Å². The van der Waals surface area contributed by atoms with E-state index >= 15 is 0 Å². The minimum atomic E-state index is 0.203. The van der Waals surface area contributed by atoms with Gasteiger partial charge in [-0.05, 0) is 35.4 Å². The van der Waals surface area contributed by atoms with Gasteiger partial charge in [0.05, 0.1) is 6.61 Å². The maximum atomic E-state index is 9.26. The van der Waals surface area contributed by atoms with Crippen LogP contribution in [0.4, 0.5) is 0 Å². The molecule has 1 unspecified atom stereocenters. The number of aliphatic hydroxyl groups is 1. The normalized spacial score (nSPS) is 13.8. The molecule has 108 valence electrons. The van der Waals surface area contributed by atoms with E-state index in [1.54, 1.807) is 0 Å². The Labute approximate surface area is 118 Å². The van der Waals surface area contributed by atoms with Gasteiger partial charge in [-0.15, -0.1) is 0 Å². The summed E-state index contributed by atoms with van der Waals surface area (Å²) in [5.74, 6) is 0.466. The van der Waals surface area contributed by atoms with Crippen LogP contribution in [0, 0.1) is 5.92 Å². The summed E-state index contributed by atoms with van der Waals surface area (Å²) in [6.07, 6.45) is 1.01. The van der Waals surface area contributed by atoms with Gasteiger partial charge in [-0.1, -0.05) is 58.9 Å². The molecular weight excluding hydrogens is 234 g/mol. The van der Waals surface area contributed by atoms with Crippen molar-refractivity contribution in [2.75, 3.05) is 13.2 Å². The highest BCUT2D eigenvalue weighted by Crippen LogP contribution is 2.22. The van der Waals surface area contributed by atoms with E-state index in [1.807, 2.05) is 0 Å². The van der Waals surface area contributed by atoms with Crippen molar-refractivity contribution in [2.45, 2.75) is 52.5 Å². The standard InChI is InChI=1S/C17H29NO/c1-13(2)16(12-19)18-11-10-14-6-8-15(9-7-14)17(3,4)5/h6-9,13,16,18-19H,10-12H2,1-5H3. The molecule has 2 heteroatoms. The van der Waals surface area contributed by atoms with Crippen LogP contribution in [0.1, 0.15) is 45.7 Å². The van der Waals surface area contributed by atoms with Gasteiger partial charge in [-0.2, -0.15) is 0 Å². The van der Waals surface area contributed by atoms with Gasteiger partial charge in [0.25, 0.3) is 0 Å². The van der Waals surface area contributed by atoms with Crippen LogP contribution in [0.25, 0.3) is 0 Å². The fourth-order valence-corrected chi connectivity index (χ4v) is 2.08. The summed E-state index contributed by atoms with van der Waals surface area (Å²) in [6.45, 7) is 12.1. The maximum Gasteiger partial charge on any atom is 0.0587 e. The zero-order chi connectivity index (χ0) is 14.5. The molecule has 0 aliphatic heterocycles. The van der Waals surface area contributed by atoms with Crippen molar-refractivity contribution in [1.82, 2.24) is 5.32 Å². The lowest BCUT2D eigenvalue weighted by atomic mass is 9.86. The van der Waals surface area contributed by atoms with Crippen LogP contribution in [0.3, 0.4) is 0 Å². The van der Waals surface area contributed by atoms with Crippen molar-refractivity contribution in [2.24, 2.45) is 5.92 Å². The average Bonchev–Trinajstić information content (AvgIpc) is 2.33. The molecule has 0 radical (unpaired) electrons. The highest BCUT2D eigenvalue weighted by molar-refractivity contribution is 5.27. The molecule has 2 N–H and O–H groups in total. The summed E-state index contributed by atoms with van der Waals surface area (Å²) in [7, 11) is 0. The first-order valence-corrected chi connectivity index (χ1v) is 7.28. The molecule has 0 fully saturated rings. The zero-order valence-corrected chi connectivity index (χ0v) is 13.0. The number of nitrogens with one attached hydrogen (secondary N) is 1. The molecular formula is C17H29NO. The Balaban J connectivity index is 2.46. The van der Waals surface area contributed by atoms with E-state index < -0.39 is 0 Å². The summed E-state index contributed by atoms with van der Waals surface area (Å²) in [6, 6.07) is 9.08. The van der Waals surface area contributed by atoms with Gasteiger partial charge in [0.15, 0.2) is 0 Å². The van der Waals surface area contributed by atoms with Crippen molar-refractivity contribution >= 4 is 0 Å². The molecule has 1 rings (SSSR count). The molecule has 19 heavy (non-hydrogen) atoms. The molecule has 1 aromatic carbocycles. The Kier molecular flexibility index (Phi) is 6.02. The van der Waals surface area contributed by atoms with E-state index in [9.17, 15) is 5.11 Å². The third kappa shape index (κ3) is 5.33. The van der Waals surface area contributed by atoms with Crippen molar-refractivity contribution in [1.29, 1.82) is 0 Å². The third-order valence-electron chi connectivity index (χ3n) is 3.64. The largest absolute Gasteiger partial charge is 0.395 e. The van der Waals surface area contributed by atoms with Gasteiger partial charge in [-0.3, -0.25) is 0 Å². The second-order valence-corrected chi connectivity index (χ2v) is 6.68. The second-order valence-electron chi connectivity index (χ2n) is 6.68. The molecule has 0 amide bonds. The summed E-state index contributed by atoms with van der Waals surface area (Å²) < 4.78 is 0. The van der Waals surface area contributed by atoms with E-state index in [2.05, 4.69) is 64.2 Å². The van der Waals surface area contributed by atoms with Gasteiger partial charge in [0, 0.05) is 6.04 Å². The SMILES string of the molecule is CC(C)C(CO)NCCc1ccc(C(C)(C)C)cc1. The lowest BCUT2D eigenvalue weighted by Crippen LogP contribution is -2.38. The Hall–Kier alpha value is -0.860. The first-order chi connectivity index (χ1) is 8.84. The molecule has 1 atom stereocenters. The molecule has 0 aliphatic carbocycles. The van der Waals surface area contributed by atoms with Crippen molar-refractivity contribution < 1.29 is 5.11 Å². The van der Waals surface area contributed by atoms with E-state index in [0.29, 0.717) is 5.92 Å². The fraction of sp³-hybridized carbons (Fsp3) is 0.647. The zero-order valence-electron chi connectivity index (χ0n) is 13.0. The first-order valence-electron chi connectivity index (χ1n) is 7.28. The minimum Gasteiger partial charge on any atom is -0.395 e. The van der Waals surface area contributed by atoms with Gasteiger partial charge in [-0.25, -0.2) is 0 Å². The molecule has 0 aromatic heterocycles. The lowest BCUT2D eigenvalue weighted by molar-refractivity contribution is 0.212. The predicted molar refractivity (Wildman–Crippen MR) is 82.6 cm³/mol. The highest BCUT2D eigenvalue weighted by Gasteiger charge is 2.13. The van der Waals surface area contributed by atoms with Crippen LogP contribution in [0.5, 0.6) is 0 Å². The molecule has 0 bridgehead atoms. The smallest absolute Gasteiger partial charge is 0.0587 e. The predicted octanol–water partition coefficient (Wildman–Crippen LogP) is 3.13. The van der Waals surface area contributed by atoms with Crippen LogP contribution in [-0.2, 0) is 11.8 Å². The lowest BCUT2D eigenvalue weighted by Gasteiger charge is -2.21. The van der Waals surface area contributed by atoms with E-state index in [0.717, 1.165) is 13.0 Å².